The third kappa shape index (κ3) is 6.09. The summed E-state index contributed by atoms with van der Waals surface area (Å²) in [6, 6.07) is 14.8. The van der Waals surface area contributed by atoms with Crippen LogP contribution in [0.4, 0.5) is 11.4 Å². The molecule has 1 aliphatic heterocycles. The highest BCUT2D eigenvalue weighted by molar-refractivity contribution is 7.98. The minimum absolute atomic E-state index is 0.352. The highest BCUT2D eigenvalue weighted by Crippen LogP contribution is 2.27. The van der Waals surface area contributed by atoms with Gasteiger partial charge in [-0.05, 0) is 36.4 Å². The molecule has 7 nitrogen and oxygen atoms in total. The lowest BCUT2D eigenvalue weighted by Gasteiger charge is -2.28. The topological polar surface area (TPSA) is 80.8 Å². The highest BCUT2D eigenvalue weighted by Gasteiger charge is 2.16. The molecule has 1 saturated heterocycles. The molecule has 2 aromatic carbocycles. The fourth-order valence-corrected chi connectivity index (χ4v) is 4.81. The maximum atomic E-state index is 12.6. The molecule has 3 aromatic rings. The van der Waals surface area contributed by atoms with Crippen LogP contribution < -0.4 is 10.2 Å². The van der Waals surface area contributed by atoms with Crippen molar-refractivity contribution in [3.63, 3.8) is 0 Å². The van der Waals surface area contributed by atoms with E-state index in [1.54, 1.807) is 17.6 Å². The molecule has 0 radical (unpaired) electrons. The molecule has 1 aliphatic rings. The number of carbonyl (C=O) groups excluding carboxylic acids is 2. The van der Waals surface area contributed by atoms with Crippen LogP contribution in [-0.4, -0.2) is 49.8 Å². The lowest BCUT2D eigenvalue weighted by atomic mass is 10.2. The summed E-state index contributed by atoms with van der Waals surface area (Å²) in [7, 11) is 0. The lowest BCUT2D eigenvalue weighted by molar-refractivity contribution is -0.119. The molecule has 2 heterocycles. The number of amides is 1. The summed E-state index contributed by atoms with van der Waals surface area (Å²) < 4.78 is 10.6. The zero-order chi connectivity index (χ0) is 22.2. The summed E-state index contributed by atoms with van der Waals surface area (Å²) in [5, 5.41) is 4.74. The van der Waals surface area contributed by atoms with Crippen LogP contribution in [0.1, 0.15) is 16.1 Å². The normalized spacial score (nSPS) is 13.6. The van der Waals surface area contributed by atoms with Gasteiger partial charge >= 0.3 is 5.97 Å². The van der Waals surface area contributed by atoms with Crippen molar-refractivity contribution in [3.8, 4) is 0 Å². The SMILES string of the molecule is O=C(COC(=O)c1ccccc1SCc1cscn1)Nc1ccc(N2CCOCC2)cc1. The van der Waals surface area contributed by atoms with Crippen molar-refractivity contribution in [1.82, 2.24) is 4.98 Å². The maximum Gasteiger partial charge on any atom is 0.339 e. The van der Waals surface area contributed by atoms with Crippen molar-refractivity contribution in [3.05, 3.63) is 70.7 Å². The largest absolute Gasteiger partial charge is 0.452 e. The summed E-state index contributed by atoms with van der Waals surface area (Å²) >= 11 is 3.05. The molecular formula is C23H23N3O4S2. The predicted octanol–water partition coefficient (Wildman–Crippen LogP) is 4.07. The Kier molecular flexibility index (Phi) is 7.76. The van der Waals surface area contributed by atoms with Gasteiger partial charge in [0, 0.05) is 40.5 Å². The van der Waals surface area contributed by atoms with Crippen molar-refractivity contribution in [1.29, 1.82) is 0 Å². The molecule has 0 spiro atoms. The number of esters is 1. The van der Waals surface area contributed by atoms with Crippen LogP contribution in [-0.2, 0) is 20.0 Å². The predicted molar refractivity (Wildman–Crippen MR) is 127 cm³/mol. The van der Waals surface area contributed by atoms with Crippen molar-refractivity contribution >= 4 is 46.3 Å². The molecule has 9 heteroatoms. The quantitative estimate of drug-likeness (QED) is 0.393. The van der Waals surface area contributed by atoms with E-state index in [0.29, 0.717) is 17.0 Å². The van der Waals surface area contributed by atoms with Gasteiger partial charge in [-0.15, -0.1) is 23.1 Å². The molecule has 0 atom stereocenters. The smallest absolute Gasteiger partial charge is 0.339 e. The van der Waals surface area contributed by atoms with Crippen LogP contribution in [0.15, 0.2) is 64.3 Å². The van der Waals surface area contributed by atoms with E-state index in [2.05, 4.69) is 15.2 Å². The first-order valence-electron chi connectivity index (χ1n) is 10.2. The molecule has 1 N–H and O–H groups in total. The molecule has 32 heavy (non-hydrogen) atoms. The number of ether oxygens (including phenoxy) is 2. The Bertz CT molecular complexity index is 1040. The van der Waals surface area contributed by atoms with E-state index in [9.17, 15) is 9.59 Å². The molecule has 1 aromatic heterocycles. The Balaban J connectivity index is 1.28. The standard InChI is InChI=1S/C23H23N3O4S2/c27-22(25-17-5-7-19(8-6-17)26-9-11-29-12-10-26)13-30-23(28)20-3-1-2-4-21(20)32-15-18-14-31-16-24-18/h1-8,14,16H,9-13,15H2,(H,25,27). The van der Waals surface area contributed by atoms with Crippen LogP contribution in [0.25, 0.3) is 0 Å². The van der Waals surface area contributed by atoms with E-state index >= 15 is 0 Å². The number of hydrogen-bond acceptors (Lipinski definition) is 8. The van der Waals surface area contributed by atoms with E-state index in [-0.39, 0.29) is 12.5 Å². The summed E-state index contributed by atoms with van der Waals surface area (Å²) in [5.74, 6) is -0.247. The number of nitrogens with one attached hydrogen (secondary N) is 1. The van der Waals surface area contributed by atoms with Gasteiger partial charge in [0.15, 0.2) is 6.61 Å². The third-order valence-corrected chi connectivity index (χ3v) is 6.57. The van der Waals surface area contributed by atoms with Gasteiger partial charge in [-0.2, -0.15) is 0 Å². The van der Waals surface area contributed by atoms with Gasteiger partial charge in [0.05, 0.1) is 30.0 Å². The maximum absolute atomic E-state index is 12.6. The second kappa shape index (κ2) is 11.1. The minimum Gasteiger partial charge on any atom is -0.452 e. The van der Waals surface area contributed by atoms with E-state index < -0.39 is 5.97 Å². The third-order valence-electron chi connectivity index (χ3n) is 4.83. The van der Waals surface area contributed by atoms with Gasteiger partial charge < -0.3 is 19.7 Å². The number of rotatable bonds is 8. The summed E-state index contributed by atoms with van der Waals surface area (Å²) in [5.41, 5.74) is 4.93. The summed E-state index contributed by atoms with van der Waals surface area (Å²) in [4.78, 5) is 32.1. The average molecular weight is 470 g/mol. The van der Waals surface area contributed by atoms with Crippen molar-refractivity contribution in [2.45, 2.75) is 10.6 Å². The van der Waals surface area contributed by atoms with E-state index in [1.807, 2.05) is 41.8 Å². The zero-order valence-corrected chi connectivity index (χ0v) is 19.0. The highest BCUT2D eigenvalue weighted by atomic mass is 32.2. The van der Waals surface area contributed by atoms with Crippen LogP contribution in [0.5, 0.6) is 0 Å². The monoisotopic (exact) mass is 469 g/mol. The lowest BCUT2D eigenvalue weighted by Crippen LogP contribution is -2.36. The number of benzene rings is 2. The second-order valence-electron chi connectivity index (χ2n) is 7.04. The number of thioether (sulfide) groups is 1. The number of aromatic nitrogens is 1. The van der Waals surface area contributed by atoms with Gasteiger partial charge in [-0.3, -0.25) is 4.79 Å². The average Bonchev–Trinajstić information content (AvgIpc) is 3.36. The minimum atomic E-state index is -0.524. The van der Waals surface area contributed by atoms with Crippen molar-refractivity contribution in [2.24, 2.45) is 0 Å². The van der Waals surface area contributed by atoms with E-state index in [0.717, 1.165) is 42.6 Å². The molecule has 1 amide bonds. The molecule has 0 bridgehead atoms. The van der Waals surface area contributed by atoms with Gasteiger partial charge in [-0.1, -0.05) is 12.1 Å². The number of hydrogen-bond donors (Lipinski definition) is 1. The van der Waals surface area contributed by atoms with Gasteiger partial charge in [-0.25, -0.2) is 9.78 Å². The Morgan fingerprint density at radius 3 is 2.66 bits per heavy atom. The number of carbonyl (C=O) groups is 2. The number of anilines is 2. The van der Waals surface area contributed by atoms with Crippen LogP contribution in [0.3, 0.4) is 0 Å². The van der Waals surface area contributed by atoms with Crippen molar-refractivity contribution in [2.75, 3.05) is 43.1 Å². The van der Waals surface area contributed by atoms with E-state index in [4.69, 9.17) is 9.47 Å². The number of nitrogens with zero attached hydrogens (tertiary/aromatic N) is 2. The first kappa shape index (κ1) is 22.3. The van der Waals surface area contributed by atoms with E-state index in [1.165, 1.54) is 23.1 Å². The Morgan fingerprint density at radius 1 is 1.12 bits per heavy atom. The summed E-state index contributed by atoms with van der Waals surface area (Å²) in [6.07, 6.45) is 0. The van der Waals surface area contributed by atoms with Crippen LogP contribution >= 0.6 is 23.1 Å². The Morgan fingerprint density at radius 2 is 1.91 bits per heavy atom. The van der Waals surface area contributed by atoms with Gasteiger partial charge in [0.2, 0.25) is 0 Å². The van der Waals surface area contributed by atoms with Crippen LogP contribution in [0.2, 0.25) is 0 Å². The second-order valence-corrected chi connectivity index (χ2v) is 8.77. The molecular weight excluding hydrogens is 446 g/mol. The molecule has 0 saturated carbocycles. The first-order valence-corrected chi connectivity index (χ1v) is 12.1. The van der Waals surface area contributed by atoms with Crippen LogP contribution in [0, 0.1) is 0 Å². The molecule has 166 valence electrons. The number of morpholine rings is 1. The molecule has 0 unspecified atom stereocenters. The fourth-order valence-electron chi connectivity index (χ4n) is 3.20. The van der Waals surface area contributed by atoms with Gasteiger partial charge in [0.1, 0.15) is 0 Å². The molecule has 1 fully saturated rings. The zero-order valence-electron chi connectivity index (χ0n) is 17.4. The van der Waals surface area contributed by atoms with Crippen molar-refractivity contribution < 1.29 is 19.1 Å². The molecule has 0 aliphatic carbocycles. The molecule has 4 rings (SSSR count). The number of thiazole rings is 1. The Hall–Kier alpha value is -2.88. The van der Waals surface area contributed by atoms with Gasteiger partial charge in [0.25, 0.3) is 5.91 Å². The first-order chi connectivity index (χ1) is 15.7. The summed E-state index contributed by atoms with van der Waals surface area (Å²) in [6.45, 7) is 2.79. The Labute approximate surface area is 194 Å². The fraction of sp³-hybridized carbons (Fsp3) is 0.261.